The molecular weight excluding hydrogens is 190 g/mol. The molecule has 0 aromatic carbocycles. The Kier molecular flexibility index (Phi) is 5.16. The van der Waals surface area contributed by atoms with E-state index in [4.69, 9.17) is 16.3 Å². The Labute approximate surface area is 83.8 Å². The summed E-state index contributed by atoms with van der Waals surface area (Å²) in [7, 11) is 0. The Hall–Kier alpha value is -0.280. The van der Waals surface area contributed by atoms with Gasteiger partial charge < -0.3 is 10.1 Å². The Bertz CT molecular complexity index is 158. The maximum Gasteiger partial charge on any atom is 0.320 e. The molecule has 1 heterocycles. The molecule has 1 atom stereocenters. The van der Waals surface area contributed by atoms with Crippen LogP contribution in [-0.4, -0.2) is 31.5 Å². The predicted molar refractivity (Wildman–Crippen MR) is 51.9 cm³/mol. The van der Waals surface area contributed by atoms with Gasteiger partial charge >= 0.3 is 5.97 Å². The van der Waals surface area contributed by atoms with Gasteiger partial charge in [-0.25, -0.2) is 0 Å². The van der Waals surface area contributed by atoms with Gasteiger partial charge in [0, 0.05) is 0 Å². The summed E-state index contributed by atoms with van der Waals surface area (Å²) >= 11 is 5.29. The van der Waals surface area contributed by atoms with Crippen LogP contribution in [0.25, 0.3) is 0 Å². The van der Waals surface area contributed by atoms with Crippen molar-refractivity contribution >= 4 is 17.6 Å². The number of hydrogen-bond donors (Lipinski definition) is 1. The van der Waals surface area contributed by atoms with Crippen LogP contribution < -0.4 is 5.32 Å². The van der Waals surface area contributed by atoms with Crippen molar-refractivity contribution in [2.24, 2.45) is 5.92 Å². The molecule has 13 heavy (non-hydrogen) atoms. The molecule has 1 aliphatic rings. The van der Waals surface area contributed by atoms with Crippen LogP contribution in [0.1, 0.15) is 19.3 Å². The van der Waals surface area contributed by atoms with Crippen LogP contribution in [0.3, 0.4) is 0 Å². The van der Waals surface area contributed by atoms with Crippen LogP contribution in [0.15, 0.2) is 0 Å². The smallest absolute Gasteiger partial charge is 0.320 e. The number of ether oxygens (including phenoxy) is 1. The number of hydrogen-bond acceptors (Lipinski definition) is 3. The fourth-order valence-corrected chi connectivity index (χ4v) is 1.63. The van der Waals surface area contributed by atoms with Crippen LogP contribution in [0.2, 0.25) is 0 Å². The highest BCUT2D eigenvalue weighted by Crippen LogP contribution is 2.13. The third-order valence-corrected chi connectivity index (χ3v) is 2.52. The standard InChI is InChI=1S/C9H16ClNO2/c10-6-9(12)13-5-3-8-2-1-4-11-7-8/h8,11H,1-7H2. The number of carbonyl (C=O) groups excluding carboxylic acids is 1. The van der Waals surface area contributed by atoms with Gasteiger partial charge in [0.05, 0.1) is 6.61 Å². The lowest BCUT2D eigenvalue weighted by Crippen LogP contribution is -2.30. The van der Waals surface area contributed by atoms with Gasteiger partial charge in [-0.2, -0.15) is 0 Å². The predicted octanol–water partition coefficient (Wildman–Crippen LogP) is 1.16. The highest BCUT2D eigenvalue weighted by atomic mass is 35.5. The maximum absolute atomic E-state index is 10.7. The molecule has 1 aliphatic heterocycles. The third-order valence-electron chi connectivity index (χ3n) is 2.30. The molecule has 3 nitrogen and oxygen atoms in total. The van der Waals surface area contributed by atoms with Crippen LogP contribution in [0.5, 0.6) is 0 Å². The molecule has 0 spiro atoms. The highest BCUT2D eigenvalue weighted by molar-refractivity contribution is 6.26. The van der Waals surface area contributed by atoms with E-state index in [9.17, 15) is 4.79 Å². The van der Waals surface area contributed by atoms with E-state index in [1.165, 1.54) is 12.8 Å². The van der Waals surface area contributed by atoms with E-state index < -0.39 is 0 Å². The highest BCUT2D eigenvalue weighted by Gasteiger charge is 2.12. The summed E-state index contributed by atoms with van der Waals surface area (Å²) in [6, 6.07) is 0. The summed E-state index contributed by atoms with van der Waals surface area (Å²) in [5.41, 5.74) is 0. The fourth-order valence-electron chi connectivity index (χ4n) is 1.55. The lowest BCUT2D eigenvalue weighted by Gasteiger charge is -2.22. The zero-order chi connectivity index (χ0) is 9.52. The number of nitrogens with one attached hydrogen (secondary N) is 1. The van der Waals surface area contributed by atoms with E-state index >= 15 is 0 Å². The summed E-state index contributed by atoms with van der Waals surface area (Å²) in [5, 5.41) is 3.32. The van der Waals surface area contributed by atoms with Gasteiger partial charge in [-0.05, 0) is 38.3 Å². The van der Waals surface area contributed by atoms with Gasteiger partial charge in [0.15, 0.2) is 0 Å². The monoisotopic (exact) mass is 205 g/mol. The van der Waals surface area contributed by atoms with Gasteiger partial charge in [-0.3, -0.25) is 4.79 Å². The molecular formula is C9H16ClNO2. The summed E-state index contributed by atoms with van der Waals surface area (Å²) in [5.74, 6) is 0.311. The van der Waals surface area contributed by atoms with Crippen LogP contribution in [0.4, 0.5) is 0 Å². The van der Waals surface area contributed by atoms with Gasteiger partial charge in [0.25, 0.3) is 0 Å². The Balaban J connectivity index is 2.01. The molecule has 0 amide bonds. The van der Waals surface area contributed by atoms with Crippen molar-refractivity contribution in [2.45, 2.75) is 19.3 Å². The van der Waals surface area contributed by atoms with Crippen molar-refractivity contribution < 1.29 is 9.53 Å². The van der Waals surface area contributed by atoms with Gasteiger partial charge in [-0.1, -0.05) is 0 Å². The average molecular weight is 206 g/mol. The quantitative estimate of drug-likeness (QED) is 0.553. The lowest BCUT2D eigenvalue weighted by atomic mass is 9.97. The van der Waals surface area contributed by atoms with Crippen molar-refractivity contribution in [2.75, 3.05) is 25.6 Å². The first-order chi connectivity index (χ1) is 6.33. The van der Waals surface area contributed by atoms with Crippen molar-refractivity contribution in [3.05, 3.63) is 0 Å². The topological polar surface area (TPSA) is 38.3 Å². The molecule has 1 rings (SSSR count). The van der Waals surface area contributed by atoms with Crippen molar-refractivity contribution in [3.8, 4) is 0 Å². The Morgan fingerprint density at radius 2 is 2.46 bits per heavy atom. The molecule has 0 radical (unpaired) electrons. The molecule has 4 heteroatoms. The molecule has 0 aliphatic carbocycles. The van der Waals surface area contributed by atoms with Crippen LogP contribution in [0, 0.1) is 5.92 Å². The molecule has 0 aromatic rings. The minimum absolute atomic E-state index is 0.0388. The van der Waals surface area contributed by atoms with E-state index in [1.807, 2.05) is 0 Å². The molecule has 0 aromatic heterocycles. The first kappa shape index (κ1) is 10.8. The normalized spacial score (nSPS) is 22.7. The fraction of sp³-hybridized carbons (Fsp3) is 0.889. The average Bonchev–Trinajstić information content (AvgIpc) is 2.19. The first-order valence-corrected chi connectivity index (χ1v) is 5.28. The number of esters is 1. The summed E-state index contributed by atoms with van der Waals surface area (Å²) < 4.78 is 4.90. The molecule has 0 saturated carbocycles. The number of rotatable bonds is 4. The summed E-state index contributed by atoms with van der Waals surface area (Å²) in [4.78, 5) is 10.7. The second-order valence-electron chi connectivity index (χ2n) is 3.36. The number of alkyl halides is 1. The van der Waals surface area contributed by atoms with E-state index in [0.29, 0.717) is 12.5 Å². The van der Waals surface area contributed by atoms with E-state index in [1.54, 1.807) is 0 Å². The molecule has 1 saturated heterocycles. The SMILES string of the molecule is O=C(CCl)OCCC1CCCNC1. The zero-order valence-electron chi connectivity index (χ0n) is 7.72. The number of piperidine rings is 1. The second kappa shape index (κ2) is 6.22. The minimum atomic E-state index is -0.314. The molecule has 0 bridgehead atoms. The van der Waals surface area contributed by atoms with Gasteiger partial charge in [-0.15, -0.1) is 11.6 Å². The van der Waals surface area contributed by atoms with Crippen LogP contribution in [-0.2, 0) is 9.53 Å². The number of carbonyl (C=O) groups is 1. The third kappa shape index (κ3) is 4.48. The number of halogens is 1. The zero-order valence-corrected chi connectivity index (χ0v) is 8.48. The van der Waals surface area contributed by atoms with Crippen molar-refractivity contribution in [1.82, 2.24) is 5.32 Å². The van der Waals surface area contributed by atoms with E-state index in [0.717, 1.165) is 19.5 Å². The lowest BCUT2D eigenvalue weighted by molar-refractivity contribution is -0.140. The first-order valence-electron chi connectivity index (χ1n) is 4.75. The van der Waals surface area contributed by atoms with Crippen LogP contribution >= 0.6 is 11.6 Å². The molecule has 1 fully saturated rings. The van der Waals surface area contributed by atoms with E-state index in [-0.39, 0.29) is 11.8 Å². The molecule has 1 unspecified atom stereocenters. The van der Waals surface area contributed by atoms with Gasteiger partial charge in [0.1, 0.15) is 5.88 Å². The maximum atomic E-state index is 10.7. The summed E-state index contributed by atoms with van der Waals surface area (Å²) in [6.07, 6.45) is 3.43. The minimum Gasteiger partial charge on any atom is -0.465 e. The van der Waals surface area contributed by atoms with Gasteiger partial charge in [0.2, 0.25) is 0 Å². The molecule has 76 valence electrons. The summed E-state index contributed by atoms with van der Waals surface area (Å²) in [6.45, 7) is 2.69. The Morgan fingerprint density at radius 1 is 1.62 bits per heavy atom. The van der Waals surface area contributed by atoms with E-state index in [2.05, 4.69) is 5.32 Å². The van der Waals surface area contributed by atoms with Crippen molar-refractivity contribution in [3.63, 3.8) is 0 Å². The second-order valence-corrected chi connectivity index (χ2v) is 3.62. The largest absolute Gasteiger partial charge is 0.465 e. The Morgan fingerprint density at radius 3 is 3.08 bits per heavy atom. The van der Waals surface area contributed by atoms with Crippen molar-refractivity contribution in [1.29, 1.82) is 0 Å². The molecule has 1 N–H and O–H groups in total.